The Morgan fingerprint density at radius 1 is 1.20 bits per heavy atom. The first-order valence-corrected chi connectivity index (χ1v) is 8.13. The molecule has 0 fully saturated rings. The van der Waals surface area contributed by atoms with Crippen LogP contribution in [0.4, 0.5) is 0 Å². The number of benzene rings is 1. The van der Waals surface area contributed by atoms with Crippen molar-refractivity contribution in [1.82, 2.24) is 5.32 Å². The molecule has 114 valence electrons. The van der Waals surface area contributed by atoms with Crippen LogP contribution >= 0.6 is 11.6 Å². The van der Waals surface area contributed by atoms with Crippen molar-refractivity contribution in [1.29, 1.82) is 0 Å². The average Bonchev–Trinajstić information content (AvgIpc) is 2.44. The van der Waals surface area contributed by atoms with Crippen molar-refractivity contribution >= 4 is 11.6 Å². The summed E-state index contributed by atoms with van der Waals surface area (Å²) in [5.41, 5.74) is 1.08. The highest BCUT2D eigenvalue weighted by molar-refractivity contribution is 6.31. The Kier molecular flexibility index (Phi) is 8.92. The van der Waals surface area contributed by atoms with Gasteiger partial charge in [0.05, 0.1) is 12.7 Å². The summed E-state index contributed by atoms with van der Waals surface area (Å²) in [4.78, 5) is 0. The predicted molar refractivity (Wildman–Crippen MR) is 87.4 cm³/mol. The van der Waals surface area contributed by atoms with Gasteiger partial charge in [-0.3, -0.25) is 0 Å². The molecule has 0 saturated carbocycles. The van der Waals surface area contributed by atoms with Crippen molar-refractivity contribution in [2.24, 2.45) is 5.92 Å². The monoisotopic (exact) mass is 297 g/mol. The second-order valence-corrected chi connectivity index (χ2v) is 5.85. The zero-order valence-corrected chi connectivity index (χ0v) is 13.7. The number of nitrogens with one attached hydrogen (secondary N) is 1. The number of hydrogen-bond donors (Lipinski definition) is 1. The molecule has 2 unspecified atom stereocenters. The molecule has 2 atom stereocenters. The van der Waals surface area contributed by atoms with E-state index in [1.165, 1.54) is 12.8 Å². The van der Waals surface area contributed by atoms with E-state index < -0.39 is 0 Å². The minimum Gasteiger partial charge on any atom is -0.372 e. The van der Waals surface area contributed by atoms with Crippen LogP contribution in [0.5, 0.6) is 0 Å². The Morgan fingerprint density at radius 2 is 1.95 bits per heavy atom. The second kappa shape index (κ2) is 10.2. The molecule has 20 heavy (non-hydrogen) atoms. The summed E-state index contributed by atoms with van der Waals surface area (Å²) in [5, 5.41) is 4.22. The first-order chi connectivity index (χ1) is 9.69. The number of hydrogen-bond acceptors (Lipinski definition) is 2. The van der Waals surface area contributed by atoms with E-state index in [9.17, 15) is 0 Å². The molecule has 0 bridgehead atoms. The Labute approximate surface area is 128 Å². The summed E-state index contributed by atoms with van der Waals surface area (Å²) < 4.78 is 6.12. The third-order valence-electron chi connectivity index (χ3n) is 3.37. The van der Waals surface area contributed by atoms with E-state index in [1.807, 2.05) is 18.2 Å². The molecule has 2 nitrogen and oxygen atoms in total. The van der Waals surface area contributed by atoms with E-state index in [4.69, 9.17) is 16.3 Å². The lowest BCUT2D eigenvalue weighted by Crippen LogP contribution is -2.25. The summed E-state index contributed by atoms with van der Waals surface area (Å²) in [6, 6.07) is 7.97. The van der Waals surface area contributed by atoms with E-state index in [0.29, 0.717) is 5.92 Å². The summed E-state index contributed by atoms with van der Waals surface area (Å²) in [5.74, 6) is 0.594. The fourth-order valence-electron chi connectivity index (χ4n) is 2.26. The number of rotatable bonds is 10. The fraction of sp³-hybridized carbons (Fsp3) is 0.647. The molecule has 3 heteroatoms. The van der Waals surface area contributed by atoms with Crippen LogP contribution in [0.2, 0.25) is 5.02 Å². The lowest BCUT2D eigenvalue weighted by atomic mass is 10.1. The van der Waals surface area contributed by atoms with Gasteiger partial charge in [0.2, 0.25) is 0 Å². The van der Waals surface area contributed by atoms with E-state index >= 15 is 0 Å². The molecule has 0 heterocycles. The maximum absolute atomic E-state index is 6.30. The molecule has 0 radical (unpaired) electrons. The smallest absolute Gasteiger partial charge is 0.0963 e. The minimum atomic E-state index is 0.0366. The lowest BCUT2D eigenvalue weighted by molar-refractivity contribution is 0.0301. The van der Waals surface area contributed by atoms with Crippen LogP contribution < -0.4 is 5.32 Å². The summed E-state index contributed by atoms with van der Waals surface area (Å²) >= 11 is 6.30. The quantitative estimate of drug-likeness (QED) is 0.624. The maximum atomic E-state index is 6.30. The highest BCUT2D eigenvalue weighted by Crippen LogP contribution is 2.26. The fourth-order valence-corrected chi connectivity index (χ4v) is 2.52. The zero-order chi connectivity index (χ0) is 14.8. The van der Waals surface area contributed by atoms with Crippen molar-refractivity contribution in [3.05, 3.63) is 34.9 Å². The molecule has 1 N–H and O–H groups in total. The standard InChI is InChI=1S/C17H28ClNO/c1-4-8-14(3)13-20-17(12-19-11-5-2)15-9-6-7-10-16(15)18/h6-7,9-10,14,17,19H,4-5,8,11-13H2,1-3H3. The maximum Gasteiger partial charge on any atom is 0.0963 e. The lowest BCUT2D eigenvalue weighted by Gasteiger charge is -2.22. The minimum absolute atomic E-state index is 0.0366. The van der Waals surface area contributed by atoms with Crippen molar-refractivity contribution < 1.29 is 4.74 Å². The molecular weight excluding hydrogens is 270 g/mol. The van der Waals surface area contributed by atoms with Gasteiger partial charge in [0.25, 0.3) is 0 Å². The van der Waals surface area contributed by atoms with E-state index in [1.54, 1.807) is 0 Å². The van der Waals surface area contributed by atoms with Crippen LogP contribution in [-0.2, 0) is 4.74 Å². The molecule has 0 amide bonds. The van der Waals surface area contributed by atoms with Crippen LogP contribution in [-0.4, -0.2) is 19.7 Å². The van der Waals surface area contributed by atoms with Gasteiger partial charge in [-0.1, -0.05) is 57.0 Å². The molecule has 0 aliphatic rings. The van der Waals surface area contributed by atoms with Gasteiger partial charge in [-0.15, -0.1) is 0 Å². The third kappa shape index (κ3) is 6.25. The van der Waals surface area contributed by atoms with Gasteiger partial charge in [-0.2, -0.15) is 0 Å². The second-order valence-electron chi connectivity index (χ2n) is 5.44. The zero-order valence-electron chi connectivity index (χ0n) is 13.0. The largest absolute Gasteiger partial charge is 0.372 e. The van der Waals surface area contributed by atoms with E-state index in [2.05, 4.69) is 32.2 Å². The van der Waals surface area contributed by atoms with E-state index in [-0.39, 0.29) is 6.10 Å². The molecule has 0 spiro atoms. The SMILES string of the molecule is CCCNCC(OCC(C)CCC)c1ccccc1Cl. The van der Waals surface area contributed by atoms with Crippen LogP contribution in [0.15, 0.2) is 24.3 Å². The van der Waals surface area contributed by atoms with Gasteiger partial charge in [-0.05, 0) is 31.4 Å². The van der Waals surface area contributed by atoms with E-state index in [0.717, 1.165) is 36.7 Å². The van der Waals surface area contributed by atoms with Crippen molar-refractivity contribution in [2.75, 3.05) is 19.7 Å². The molecule has 0 aliphatic carbocycles. The molecular formula is C17H28ClNO. The molecule has 0 saturated heterocycles. The van der Waals surface area contributed by atoms with Crippen LogP contribution in [0.25, 0.3) is 0 Å². The predicted octanol–water partition coefficient (Wildman–Crippen LogP) is 4.83. The van der Waals surface area contributed by atoms with Gasteiger partial charge in [-0.25, -0.2) is 0 Å². The Bertz CT molecular complexity index is 370. The number of ether oxygens (including phenoxy) is 1. The third-order valence-corrected chi connectivity index (χ3v) is 3.72. The Balaban J connectivity index is 2.62. The Hall–Kier alpha value is -0.570. The highest BCUT2D eigenvalue weighted by Gasteiger charge is 2.16. The Morgan fingerprint density at radius 3 is 2.60 bits per heavy atom. The molecule has 1 aromatic carbocycles. The van der Waals surface area contributed by atoms with Crippen molar-refractivity contribution in [2.45, 2.75) is 46.1 Å². The summed E-state index contributed by atoms with van der Waals surface area (Å²) in [7, 11) is 0. The number of halogens is 1. The van der Waals surface area contributed by atoms with Gasteiger partial charge in [0.15, 0.2) is 0 Å². The summed E-state index contributed by atoms with van der Waals surface area (Å²) in [6.07, 6.45) is 3.57. The molecule has 0 aromatic heterocycles. The van der Waals surface area contributed by atoms with Gasteiger partial charge < -0.3 is 10.1 Å². The first-order valence-electron chi connectivity index (χ1n) is 7.75. The van der Waals surface area contributed by atoms with Gasteiger partial charge >= 0.3 is 0 Å². The van der Waals surface area contributed by atoms with Gasteiger partial charge in [0, 0.05) is 17.1 Å². The van der Waals surface area contributed by atoms with Gasteiger partial charge in [0.1, 0.15) is 0 Å². The topological polar surface area (TPSA) is 21.3 Å². The normalized spacial score (nSPS) is 14.2. The highest BCUT2D eigenvalue weighted by atomic mass is 35.5. The van der Waals surface area contributed by atoms with Crippen LogP contribution in [0.1, 0.15) is 51.7 Å². The molecule has 1 aromatic rings. The van der Waals surface area contributed by atoms with Crippen LogP contribution in [0.3, 0.4) is 0 Å². The van der Waals surface area contributed by atoms with Crippen LogP contribution in [0, 0.1) is 5.92 Å². The molecule has 0 aliphatic heterocycles. The first kappa shape index (κ1) is 17.5. The van der Waals surface area contributed by atoms with Crippen molar-refractivity contribution in [3.8, 4) is 0 Å². The summed E-state index contributed by atoms with van der Waals surface area (Å²) in [6.45, 7) is 9.24. The average molecular weight is 298 g/mol. The molecule has 1 rings (SSSR count). The van der Waals surface area contributed by atoms with Crippen molar-refractivity contribution in [3.63, 3.8) is 0 Å².